The number of hydrogen-bond donors (Lipinski definition) is 2. The molecule has 1 aliphatic carbocycles. The Bertz CT molecular complexity index is 212. The van der Waals surface area contributed by atoms with E-state index in [2.05, 4.69) is 33.1 Å². The highest BCUT2D eigenvalue weighted by Gasteiger charge is 2.32. The van der Waals surface area contributed by atoms with Gasteiger partial charge in [0.15, 0.2) is 0 Å². The maximum absolute atomic E-state index is 5.76. The molecule has 1 atom stereocenters. The molecule has 0 bridgehead atoms. The Hall–Kier alpha value is -0.0800. The van der Waals surface area contributed by atoms with Crippen molar-refractivity contribution in [1.82, 2.24) is 5.43 Å². The fraction of sp³-hybridized carbons (Fsp3) is 1.00. The SMILES string of the molecule is CCCCCC(NN)C1CCC(C(C)(C)C)CC1. The lowest BCUT2D eigenvalue weighted by molar-refractivity contribution is 0.129. The first kappa shape index (κ1) is 16.0. The van der Waals surface area contributed by atoms with Gasteiger partial charge in [0, 0.05) is 6.04 Å². The number of unbranched alkanes of at least 4 members (excludes halogenated alkanes) is 2. The molecule has 0 radical (unpaired) electrons. The minimum atomic E-state index is 0.485. The zero-order valence-electron chi connectivity index (χ0n) is 13.0. The van der Waals surface area contributed by atoms with E-state index >= 15 is 0 Å². The molecular formula is C16H34N2. The third-order valence-electron chi connectivity index (χ3n) is 4.90. The third kappa shape index (κ3) is 4.89. The van der Waals surface area contributed by atoms with Gasteiger partial charge < -0.3 is 0 Å². The molecule has 108 valence electrons. The number of nitrogens with two attached hydrogens (primary N) is 1. The molecule has 0 aromatic carbocycles. The van der Waals surface area contributed by atoms with Crippen LogP contribution in [0.4, 0.5) is 0 Å². The van der Waals surface area contributed by atoms with E-state index in [1.807, 2.05) is 0 Å². The molecule has 18 heavy (non-hydrogen) atoms. The highest BCUT2D eigenvalue weighted by molar-refractivity contribution is 4.85. The van der Waals surface area contributed by atoms with E-state index in [1.54, 1.807) is 0 Å². The molecule has 2 nitrogen and oxygen atoms in total. The van der Waals surface area contributed by atoms with Gasteiger partial charge in [-0.15, -0.1) is 0 Å². The van der Waals surface area contributed by atoms with Crippen molar-refractivity contribution in [3.8, 4) is 0 Å². The largest absolute Gasteiger partial charge is 0.271 e. The first-order valence-corrected chi connectivity index (χ1v) is 7.95. The summed E-state index contributed by atoms with van der Waals surface area (Å²) < 4.78 is 0. The molecule has 0 aromatic rings. The average Bonchev–Trinajstić information content (AvgIpc) is 2.34. The molecule has 2 heteroatoms. The lowest BCUT2D eigenvalue weighted by Crippen LogP contribution is -2.43. The van der Waals surface area contributed by atoms with Crippen LogP contribution in [-0.2, 0) is 0 Å². The molecule has 1 aliphatic rings. The zero-order valence-corrected chi connectivity index (χ0v) is 13.0. The molecule has 0 aromatic heterocycles. The number of nitrogens with one attached hydrogen (secondary N) is 1. The maximum Gasteiger partial charge on any atom is 0.0238 e. The van der Waals surface area contributed by atoms with Crippen molar-refractivity contribution < 1.29 is 0 Å². The molecule has 1 unspecified atom stereocenters. The Kier molecular flexibility index (Phi) is 6.65. The average molecular weight is 254 g/mol. The van der Waals surface area contributed by atoms with Crippen LogP contribution in [0, 0.1) is 17.3 Å². The van der Waals surface area contributed by atoms with E-state index in [0.717, 1.165) is 11.8 Å². The molecule has 3 N–H and O–H groups in total. The van der Waals surface area contributed by atoms with Gasteiger partial charge in [-0.25, -0.2) is 0 Å². The van der Waals surface area contributed by atoms with Crippen LogP contribution in [0.3, 0.4) is 0 Å². The molecule has 0 heterocycles. The summed E-state index contributed by atoms with van der Waals surface area (Å²) in [5.74, 6) is 7.47. The van der Waals surface area contributed by atoms with Crippen LogP contribution in [-0.4, -0.2) is 6.04 Å². The summed E-state index contributed by atoms with van der Waals surface area (Å²) >= 11 is 0. The van der Waals surface area contributed by atoms with Gasteiger partial charge in [-0.05, 0) is 49.4 Å². The van der Waals surface area contributed by atoms with Crippen molar-refractivity contribution in [2.75, 3.05) is 0 Å². The highest BCUT2D eigenvalue weighted by atomic mass is 15.2. The summed E-state index contributed by atoms with van der Waals surface area (Å²) in [6.45, 7) is 9.42. The number of hydrazine groups is 1. The monoisotopic (exact) mass is 254 g/mol. The minimum Gasteiger partial charge on any atom is -0.271 e. The summed E-state index contributed by atoms with van der Waals surface area (Å²) in [4.78, 5) is 0. The van der Waals surface area contributed by atoms with Crippen molar-refractivity contribution in [3.63, 3.8) is 0 Å². The van der Waals surface area contributed by atoms with Crippen LogP contribution in [0.1, 0.15) is 79.1 Å². The van der Waals surface area contributed by atoms with Crippen LogP contribution in [0.5, 0.6) is 0 Å². The standard InChI is InChI=1S/C16H34N2/c1-5-6-7-8-15(18-17)13-9-11-14(12-10-13)16(2,3)4/h13-15,18H,5-12,17H2,1-4H3. The van der Waals surface area contributed by atoms with Gasteiger partial charge >= 0.3 is 0 Å². The first-order valence-electron chi connectivity index (χ1n) is 7.95. The Balaban J connectivity index is 2.35. The molecule has 1 fully saturated rings. The summed E-state index contributed by atoms with van der Waals surface area (Å²) in [6.07, 6.45) is 10.7. The smallest absolute Gasteiger partial charge is 0.0238 e. The first-order chi connectivity index (χ1) is 8.49. The van der Waals surface area contributed by atoms with E-state index in [1.165, 1.54) is 51.4 Å². The second kappa shape index (κ2) is 7.49. The number of rotatable bonds is 6. The zero-order chi connectivity index (χ0) is 13.6. The molecule has 1 saturated carbocycles. The maximum atomic E-state index is 5.76. The van der Waals surface area contributed by atoms with E-state index in [-0.39, 0.29) is 0 Å². The molecular weight excluding hydrogens is 220 g/mol. The molecule has 0 spiro atoms. The van der Waals surface area contributed by atoms with Crippen LogP contribution < -0.4 is 11.3 Å². The van der Waals surface area contributed by atoms with Gasteiger partial charge in [-0.2, -0.15) is 0 Å². The molecule has 0 aliphatic heterocycles. The van der Waals surface area contributed by atoms with E-state index in [4.69, 9.17) is 5.84 Å². The van der Waals surface area contributed by atoms with Gasteiger partial charge in [-0.1, -0.05) is 47.0 Å². The minimum absolute atomic E-state index is 0.485. The second-order valence-corrected chi connectivity index (χ2v) is 7.25. The van der Waals surface area contributed by atoms with Crippen molar-refractivity contribution in [2.24, 2.45) is 23.1 Å². The predicted octanol–water partition coefficient (Wildman–Crippen LogP) is 4.25. The van der Waals surface area contributed by atoms with Crippen molar-refractivity contribution in [1.29, 1.82) is 0 Å². The summed E-state index contributed by atoms with van der Waals surface area (Å²) in [7, 11) is 0. The number of hydrogen-bond acceptors (Lipinski definition) is 2. The summed E-state index contributed by atoms with van der Waals surface area (Å²) in [6, 6.07) is 0.553. The van der Waals surface area contributed by atoms with Crippen molar-refractivity contribution >= 4 is 0 Å². The second-order valence-electron chi connectivity index (χ2n) is 7.25. The fourth-order valence-corrected chi connectivity index (χ4v) is 3.46. The quantitative estimate of drug-likeness (QED) is 0.422. The van der Waals surface area contributed by atoms with E-state index < -0.39 is 0 Å². The molecule has 1 rings (SSSR count). The van der Waals surface area contributed by atoms with Crippen LogP contribution >= 0.6 is 0 Å². The Morgan fingerprint density at radius 2 is 1.72 bits per heavy atom. The van der Waals surface area contributed by atoms with E-state index in [0.29, 0.717) is 11.5 Å². The Morgan fingerprint density at radius 1 is 1.11 bits per heavy atom. The Morgan fingerprint density at radius 3 is 2.17 bits per heavy atom. The molecule has 0 saturated heterocycles. The topological polar surface area (TPSA) is 38.0 Å². The van der Waals surface area contributed by atoms with Gasteiger partial charge in [0.05, 0.1) is 0 Å². The predicted molar refractivity (Wildman–Crippen MR) is 80.2 cm³/mol. The van der Waals surface area contributed by atoms with Gasteiger partial charge in [-0.3, -0.25) is 11.3 Å². The normalized spacial score (nSPS) is 27.2. The van der Waals surface area contributed by atoms with Gasteiger partial charge in [0.1, 0.15) is 0 Å². The third-order valence-corrected chi connectivity index (χ3v) is 4.90. The van der Waals surface area contributed by atoms with Gasteiger partial charge in [0.25, 0.3) is 0 Å². The van der Waals surface area contributed by atoms with Gasteiger partial charge in [0.2, 0.25) is 0 Å². The fourth-order valence-electron chi connectivity index (χ4n) is 3.46. The Labute approximate surface area is 114 Å². The van der Waals surface area contributed by atoms with Crippen LogP contribution in [0.2, 0.25) is 0 Å². The summed E-state index contributed by atoms with van der Waals surface area (Å²) in [5.41, 5.74) is 3.57. The summed E-state index contributed by atoms with van der Waals surface area (Å²) in [5, 5.41) is 0. The lowest BCUT2D eigenvalue weighted by Gasteiger charge is -2.39. The molecule has 0 amide bonds. The van der Waals surface area contributed by atoms with Crippen LogP contribution in [0.15, 0.2) is 0 Å². The van der Waals surface area contributed by atoms with E-state index in [9.17, 15) is 0 Å². The van der Waals surface area contributed by atoms with Crippen molar-refractivity contribution in [2.45, 2.75) is 85.1 Å². The lowest BCUT2D eigenvalue weighted by atomic mass is 9.68. The van der Waals surface area contributed by atoms with Crippen molar-refractivity contribution in [3.05, 3.63) is 0 Å². The van der Waals surface area contributed by atoms with Crippen LogP contribution in [0.25, 0.3) is 0 Å². The highest BCUT2D eigenvalue weighted by Crippen LogP contribution is 2.41.